The smallest absolute Gasteiger partial charge is 0.227 e. The molecule has 0 amide bonds. The maximum atomic E-state index is 11.4. The van der Waals surface area contributed by atoms with E-state index in [1.54, 1.807) is 6.92 Å². The third kappa shape index (κ3) is 1.47. The van der Waals surface area contributed by atoms with Gasteiger partial charge < -0.3 is 9.47 Å². The van der Waals surface area contributed by atoms with Gasteiger partial charge in [-0.25, -0.2) is 0 Å². The Morgan fingerprint density at radius 1 is 1.38 bits per heavy atom. The van der Waals surface area contributed by atoms with E-state index in [-0.39, 0.29) is 23.1 Å². The highest BCUT2D eigenvalue weighted by atomic mass is 18.3. The number of Topliss-reactive ketones (excluding diaryl/α,β-unsaturated/α-hetero) is 1. The number of carbonyl (C=O) groups is 2. The van der Waals surface area contributed by atoms with E-state index in [1.165, 1.54) is 20.3 Å². The second kappa shape index (κ2) is 3.43. The molecule has 0 N–H and O–H groups in total. The molecule has 1 aliphatic rings. The molecule has 1 rings (SSSR count). The Kier molecular flexibility index (Phi) is 2.51. The van der Waals surface area contributed by atoms with Crippen LogP contribution in [0.1, 0.15) is 6.92 Å². The van der Waals surface area contributed by atoms with E-state index < -0.39 is 0 Å². The summed E-state index contributed by atoms with van der Waals surface area (Å²) in [5.74, 6) is -0.694. The van der Waals surface area contributed by atoms with E-state index in [0.29, 0.717) is 5.57 Å². The van der Waals surface area contributed by atoms with E-state index in [2.05, 4.69) is 0 Å². The van der Waals surface area contributed by atoms with Gasteiger partial charge in [0.05, 0.1) is 14.2 Å². The second-order valence-electron chi connectivity index (χ2n) is 2.59. The summed E-state index contributed by atoms with van der Waals surface area (Å²) in [4.78, 5) is 22.6. The van der Waals surface area contributed by atoms with Gasteiger partial charge >= 0.3 is 0 Å². The molecule has 0 spiro atoms. The summed E-state index contributed by atoms with van der Waals surface area (Å²) in [7, 11) is 2.66. The van der Waals surface area contributed by atoms with Crippen LogP contribution < -0.4 is 0 Å². The van der Waals surface area contributed by atoms with E-state index >= 15 is 0 Å². The molecule has 4 heteroatoms. The van der Waals surface area contributed by atoms with Gasteiger partial charge in [0.1, 0.15) is 0 Å². The van der Waals surface area contributed by atoms with Crippen LogP contribution >= 0.6 is 0 Å². The molecule has 0 unspecified atom stereocenters. The monoisotopic (exact) mass is 184 g/mol. The van der Waals surface area contributed by atoms with Gasteiger partial charge in [0.2, 0.25) is 23.1 Å². The number of carbonyl (C=O) groups excluding carboxylic acids is 2. The number of ether oxygens (including phenoxy) is 2. The highest BCUT2D eigenvalue weighted by Gasteiger charge is 2.28. The van der Waals surface area contributed by atoms with Gasteiger partial charge in [-0.05, 0) is 13.0 Å². The Morgan fingerprint density at radius 3 is 2.46 bits per heavy atom. The minimum absolute atomic E-state index is 0.0208. The maximum absolute atomic E-state index is 11.4. The quantitative estimate of drug-likeness (QED) is 0.465. The highest BCUT2D eigenvalue weighted by molar-refractivity contribution is 6.20. The van der Waals surface area contributed by atoms with Crippen molar-refractivity contribution in [1.29, 1.82) is 0 Å². The van der Waals surface area contributed by atoms with Crippen molar-refractivity contribution in [3.63, 3.8) is 0 Å². The van der Waals surface area contributed by atoms with Crippen molar-refractivity contribution in [1.82, 2.24) is 0 Å². The Labute approximate surface area is 75.8 Å². The van der Waals surface area contributed by atoms with Crippen LogP contribution in [0.25, 0.3) is 0 Å². The molecule has 0 radical (unpaired) electrons. The molecule has 13 heavy (non-hydrogen) atoms. The van der Waals surface area contributed by atoms with Crippen LogP contribution in [0.2, 0.25) is 0 Å². The Balaban J connectivity index is 3.19. The summed E-state index contributed by atoms with van der Waals surface area (Å²) in [6, 6.07) is 0. The van der Waals surface area contributed by atoms with Crippen LogP contribution in [-0.2, 0) is 19.1 Å². The van der Waals surface area contributed by atoms with E-state index in [9.17, 15) is 9.59 Å². The summed E-state index contributed by atoms with van der Waals surface area (Å²) in [6.07, 6.45) is 1.24. The Hall–Kier alpha value is -1.58. The van der Waals surface area contributed by atoms with E-state index in [0.717, 1.165) is 0 Å². The zero-order chi connectivity index (χ0) is 10.0. The zero-order valence-electron chi connectivity index (χ0n) is 7.71. The van der Waals surface area contributed by atoms with Crippen LogP contribution in [-0.4, -0.2) is 25.8 Å². The molecule has 0 aromatic carbocycles. The SMILES string of the molecule is COC1=C([18O]C)C(=O)C(C)=CC1=O. The molecule has 4 nitrogen and oxygen atoms in total. The van der Waals surface area contributed by atoms with Gasteiger partial charge in [0, 0.05) is 5.57 Å². The summed E-state index contributed by atoms with van der Waals surface area (Å²) in [5, 5.41) is 0. The molecule has 0 aromatic heterocycles. The Bertz CT molecular complexity index is 323. The van der Waals surface area contributed by atoms with Crippen molar-refractivity contribution in [3.8, 4) is 0 Å². The standard InChI is InChI=1S/C9H10O4/c1-5-4-6(10)8(12-2)9(13-3)7(5)11/h4H,1-3H3/i13+2. The minimum atomic E-state index is -0.337. The second-order valence-corrected chi connectivity index (χ2v) is 2.59. The van der Waals surface area contributed by atoms with Crippen LogP contribution in [0.4, 0.5) is 0 Å². The van der Waals surface area contributed by atoms with Crippen molar-refractivity contribution in [2.75, 3.05) is 14.2 Å². The highest BCUT2D eigenvalue weighted by Crippen LogP contribution is 2.19. The zero-order valence-corrected chi connectivity index (χ0v) is 7.71. The molecule has 1 aliphatic carbocycles. The van der Waals surface area contributed by atoms with Gasteiger partial charge in [-0.15, -0.1) is 0 Å². The van der Waals surface area contributed by atoms with Crippen LogP contribution in [0.5, 0.6) is 0 Å². The molecule has 0 saturated carbocycles. The molecule has 0 aromatic rings. The molecule has 70 valence electrons. The first-order valence-electron chi connectivity index (χ1n) is 3.71. The third-order valence-corrected chi connectivity index (χ3v) is 1.75. The van der Waals surface area contributed by atoms with Crippen molar-refractivity contribution in [3.05, 3.63) is 23.2 Å². The van der Waals surface area contributed by atoms with Crippen LogP contribution in [0.3, 0.4) is 0 Å². The topological polar surface area (TPSA) is 52.6 Å². The fourth-order valence-electron chi connectivity index (χ4n) is 1.10. The Morgan fingerprint density at radius 2 is 2.00 bits per heavy atom. The summed E-state index contributed by atoms with van der Waals surface area (Å²) >= 11 is 0. The van der Waals surface area contributed by atoms with Crippen molar-refractivity contribution in [2.24, 2.45) is 0 Å². The molecule has 0 fully saturated rings. The van der Waals surface area contributed by atoms with E-state index in [4.69, 9.17) is 9.47 Å². The fraction of sp³-hybridized carbons (Fsp3) is 0.333. The molecule has 0 bridgehead atoms. The van der Waals surface area contributed by atoms with Gasteiger partial charge in [-0.3, -0.25) is 9.59 Å². The molecule has 0 saturated heterocycles. The number of methoxy groups -OCH3 is 2. The van der Waals surface area contributed by atoms with Gasteiger partial charge in [-0.1, -0.05) is 0 Å². The average molecular weight is 184 g/mol. The summed E-state index contributed by atoms with van der Waals surface area (Å²) in [5.41, 5.74) is 0.364. The van der Waals surface area contributed by atoms with E-state index in [1.807, 2.05) is 0 Å². The third-order valence-electron chi connectivity index (χ3n) is 1.75. The van der Waals surface area contributed by atoms with Gasteiger partial charge in [0.25, 0.3) is 0 Å². The van der Waals surface area contributed by atoms with Crippen molar-refractivity contribution < 1.29 is 19.1 Å². The molecule has 0 heterocycles. The number of hydrogen-bond acceptors (Lipinski definition) is 4. The van der Waals surface area contributed by atoms with Gasteiger partial charge in [-0.2, -0.15) is 0 Å². The largest absolute Gasteiger partial charge is 0.490 e. The lowest BCUT2D eigenvalue weighted by atomic mass is 10.0. The first-order chi connectivity index (χ1) is 6.11. The number of allylic oxidation sites excluding steroid dienone is 2. The first-order valence-corrected chi connectivity index (χ1v) is 3.71. The normalized spacial score (nSPS) is 17.3. The predicted octanol–water partition coefficient (Wildman–Crippen LogP) is 0.589. The molecule has 0 atom stereocenters. The molecule has 0 aliphatic heterocycles. The molecular formula is C9H10O4. The first kappa shape index (κ1) is 9.51. The number of rotatable bonds is 2. The number of hydrogen-bond donors (Lipinski definition) is 0. The van der Waals surface area contributed by atoms with Crippen LogP contribution in [0, 0.1) is 0 Å². The maximum Gasteiger partial charge on any atom is 0.227 e. The molecular weight excluding hydrogens is 174 g/mol. The summed E-state index contributed by atoms with van der Waals surface area (Å²) in [6.45, 7) is 1.56. The van der Waals surface area contributed by atoms with Crippen molar-refractivity contribution in [2.45, 2.75) is 6.92 Å². The summed E-state index contributed by atoms with van der Waals surface area (Å²) < 4.78 is 9.56. The fourth-order valence-corrected chi connectivity index (χ4v) is 1.10. The minimum Gasteiger partial charge on any atom is -0.490 e. The predicted molar refractivity (Wildman–Crippen MR) is 44.8 cm³/mol. The lowest BCUT2D eigenvalue weighted by molar-refractivity contribution is -0.120. The number of ketones is 2. The lowest BCUT2D eigenvalue weighted by Gasteiger charge is -2.14. The lowest BCUT2D eigenvalue weighted by Crippen LogP contribution is -2.20. The van der Waals surface area contributed by atoms with Crippen LogP contribution in [0.15, 0.2) is 23.2 Å². The van der Waals surface area contributed by atoms with Crippen molar-refractivity contribution >= 4 is 11.6 Å². The van der Waals surface area contributed by atoms with Gasteiger partial charge in [0.15, 0.2) is 0 Å². The average Bonchev–Trinajstić information content (AvgIpc) is 2.10.